The second-order valence-electron chi connectivity index (χ2n) is 6.54. The quantitative estimate of drug-likeness (QED) is 0.714. The number of fused-ring (bicyclic) bond motifs is 1. The highest BCUT2D eigenvalue weighted by molar-refractivity contribution is 6.35. The lowest BCUT2D eigenvalue weighted by Crippen LogP contribution is -2.19. The highest BCUT2D eigenvalue weighted by Gasteiger charge is 2.19. The van der Waals surface area contributed by atoms with Crippen LogP contribution in [0.25, 0.3) is 16.6 Å². The first kappa shape index (κ1) is 17.6. The largest absolute Gasteiger partial charge is 0.488 e. The van der Waals surface area contributed by atoms with Crippen molar-refractivity contribution in [2.75, 3.05) is 25.6 Å². The van der Waals surface area contributed by atoms with Crippen LogP contribution in [0.15, 0.2) is 60.8 Å². The number of nitrogens with zero attached hydrogens (tertiary/aromatic N) is 2. The lowest BCUT2D eigenvalue weighted by Gasteiger charge is -2.13. The summed E-state index contributed by atoms with van der Waals surface area (Å²) in [4.78, 5) is 12.1. The molecule has 0 spiro atoms. The third-order valence-corrected chi connectivity index (χ3v) is 4.78. The Morgan fingerprint density at radius 1 is 1.15 bits per heavy atom. The number of hydroxylamine groups is 1. The summed E-state index contributed by atoms with van der Waals surface area (Å²) in [5.41, 5.74) is 6.90. The van der Waals surface area contributed by atoms with E-state index >= 15 is 0 Å². The number of hydrogen-bond acceptors (Lipinski definition) is 5. The number of rotatable bonds is 5. The standard InChI is InChI=1S/C21H20ClN3O2/c1-25(2)15-7-5-14(6-8-15)19-12-16(27-24-19)13-26-20-10-9-18(22)17-4-3-11-23-21(17)20/h3-12,16,24H,13H2,1-2H3/t16-/m0/s1. The molecule has 4 rings (SSSR count). The van der Waals surface area contributed by atoms with E-state index in [9.17, 15) is 0 Å². The highest BCUT2D eigenvalue weighted by atomic mass is 35.5. The van der Waals surface area contributed by atoms with Gasteiger partial charge >= 0.3 is 0 Å². The Hall–Kier alpha value is -2.76. The van der Waals surface area contributed by atoms with Crippen LogP contribution >= 0.6 is 11.6 Å². The van der Waals surface area contributed by atoms with Crippen LogP contribution in [0.5, 0.6) is 5.75 Å². The van der Waals surface area contributed by atoms with Gasteiger partial charge < -0.3 is 9.64 Å². The summed E-state index contributed by atoms with van der Waals surface area (Å²) in [5.74, 6) is 0.691. The first-order valence-corrected chi connectivity index (χ1v) is 9.07. The maximum absolute atomic E-state index is 6.23. The fourth-order valence-electron chi connectivity index (χ4n) is 2.97. The van der Waals surface area contributed by atoms with Crippen molar-refractivity contribution in [2.24, 2.45) is 0 Å². The molecule has 2 heterocycles. The average Bonchev–Trinajstić information content (AvgIpc) is 3.17. The van der Waals surface area contributed by atoms with Crippen LogP contribution in [-0.2, 0) is 4.84 Å². The molecule has 0 fully saturated rings. The number of pyridine rings is 1. The Bertz CT molecular complexity index is 986. The minimum absolute atomic E-state index is 0.192. The van der Waals surface area contributed by atoms with E-state index in [0.29, 0.717) is 17.4 Å². The molecule has 1 atom stereocenters. The predicted octanol–water partition coefficient (Wildman–Crippen LogP) is 4.28. The number of aromatic nitrogens is 1. The molecule has 1 N–H and O–H groups in total. The van der Waals surface area contributed by atoms with Crippen molar-refractivity contribution >= 4 is 33.9 Å². The molecule has 0 saturated heterocycles. The Morgan fingerprint density at radius 3 is 2.74 bits per heavy atom. The van der Waals surface area contributed by atoms with Crippen molar-refractivity contribution in [2.45, 2.75) is 6.10 Å². The van der Waals surface area contributed by atoms with Gasteiger partial charge in [0.1, 0.15) is 24.0 Å². The molecule has 0 amide bonds. The first-order valence-electron chi connectivity index (χ1n) is 8.69. The van der Waals surface area contributed by atoms with E-state index in [0.717, 1.165) is 27.9 Å². The summed E-state index contributed by atoms with van der Waals surface area (Å²) in [5, 5.41) is 1.53. The molecule has 138 valence electrons. The molecule has 3 aromatic rings. The average molecular weight is 382 g/mol. The van der Waals surface area contributed by atoms with Crippen molar-refractivity contribution in [1.82, 2.24) is 10.5 Å². The molecular weight excluding hydrogens is 362 g/mol. The third-order valence-electron chi connectivity index (χ3n) is 4.45. The molecule has 6 heteroatoms. The van der Waals surface area contributed by atoms with Gasteiger partial charge in [0, 0.05) is 31.4 Å². The third kappa shape index (κ3) is 3.70. The van der Waals surface area contributed by atoms with Gasteiger partial charge in [-0.2, -0.15) is 0 Å². The zero-order valence-electron chi connectivity index (χ0n) is 15.1. The Balaban J connectivity index is 1.46. The Labute approximate surface area is 163 Å². The second-order valence-corrected chi connectivity index (χ2v) is 6.94. The predicted molar refractivity (Wildman–Crippen MR) is 109 cm³/mol. The monoisotopic (exact) mass is 381 g/mol. The van der Waals surface area contributed by atoms with Crippen LogP contribution < -0.4 is 15.1 Å². The van der Waals surface area contributed by atoms with Gasteiger partial charge in [0.15, 0.2) is 0 Å². The fourth-order valence-corrected chi connectivity index (χ4v) is 3.19. The number of nitrogens with one attached hydrogen (secondary N) is 1. The fraction of sp³-hybridized carbons (Fsp3) is 0.190. The summed E-state index contributed by atoms with van der Waals surface area (Å²) in [7, 11) is 4.04. The van der Waals surface area contributed by atoms with Gasteiger partial charge in [-0.25, -0.2) is 0 Å². The van der Waals surface area contributed by atoms with E-state index in [4.69, 9.17) is 21.2 Å². The van der Waals surface area contributed by atoms with Gasteiger partial charge in [-0.15, -0.1) is 0 Å². The molecule has 0 bridgehead atoms. The summed E-state index contributed by atoms with van der Waals surface area (Å²) < 4.78 is 5.96. The van der Waals surface area contributed by atoms with Gasteiger partial charge in [0.05, 0.1) is 10.7 Å². The van der Waals surface area contributed by atoms with Gasteiger partial charge in [0.25, 0.3) is 0 Å². The van der Waals surface area contributed by atoms with E-state index in [2.05, 4.69) is 39.6 Å². The zero-order chi connectivity index (χ0) is 18.8. The molecule has 27 heavy (non-hydrogen) atoms. The molecule has 1 aliphatic rings. The topological polar surface area (TPSA) is 46.6 Å². The zero-order valence-corrected chi connectivity index (χ0v) is 15.9. The number of benzene rings is 2. The van der Waals surface area contributed by atoms with Crippen LogP contribution in [0.1, 0.15) is 5.56 Å². The van der Waals surface area contributed by atoms with Crippen molar-refractivity contribution < 1.29 is 9.57 Å². The van der Waals surface area contributed by atoms with E-state index in [1.165, 1.54) is 0 Å². The summed E-state index contributed by atoms with van der Waals surface area (Å²) in [6.45, 7) is 0.375. The van der Waals surface area contributed by atoms with E-state index in [1.54, 1.807) is 6.20 Å². The van der Waals surface area contributed by atoms with Crippen molar-refractivity contribution in [3.05, 3.63) is 71.4 Å². The molecule has 0 saturated carbocycles. The van der Waals surface area contributed by atoms with Crippen LogP contribution in [-0.4, -0.2) is 31.8 Å². The molecule has 0 unspecified atom stereocenters. The molecule has 0 radical (unpaired) electrons. The van der Waals surface area contributed by atoms with E-state index in [-0.39, 0.29) is 6.10 Å². The number of anilines is 1. The van der Waals surface area contributed by atoms with E-state index < -0.39 is 0 Å². The van der Waals surface area contributed by atoms with Gasteiger partial charge in [-0.3, -0.25) is 15.3 Å². The molecule has 5 nitrogen and oxygen atoms in total. The van der Waals surface area contributed by atoms with Crippen molar-refractivity contribution in [3.8, 4) is 5.75 Å². The first-order chi connectivity index (χ1) is 13.1. The lowest BCUT2D eigenvalue weighted by atomic mass is 10.1. The molecule has 1 aliphatic heterocycles. The van der Waals surface area contributed by atoms with Crippen LogP contribution in [0.2, 0.25) is 5.02 Å². The smallest absolute Gasteiger partial charge is 0.145 e. The normalized spacial score (nSPS) is 16.1. The SMILES string of the molecule is CN(C)c1ccc(C2=C[C@@H](COc3ccc(Cl)c4cccnc34)ON2)cc1. The minimum Gasteiger partial charge on any atom is -0.488 e. The van der Waals surface area contributed by atoms with Crippen molar-refractivity contribution in [1.29, 1.82) is 0 Å². The van der Waals surface area contributed by atoms with E-state index in [1.807, 2.05) is 44.4 Å². The van der Waals surface area contributed by atoms with Crippen LogP contribution in [0.3, 0.4) is 0 Å². The maximum Gasteiger partial charge on any atom is 0.145 e. The second kappa shape index (κ2) is 7.47. The molecule has 2 aromatic carbocycles. The molecule has 0 aliphatic carbocycles. The van der Waals surface area contributed by atoms with Gasteiger partial charge in [-0.05, 0) is 48.0 Å². The minimum atomic E-state index is -0.192. The maximum atomic E-state index is 6.23. The number of hydrogen-bond donors (Lipinski definition) is 1. The Morgan fingerprint density at radius 2 is 1.96 bits per heavy atom. The van der Waals surface area contributed by atoms with Crippen LogP contribution in [0.4, 0.5) is 5.69 Å². The Kier molecular flexibility index (Phi) is 4.88. The van der Waals surface area contributed by atoms with Gasteiger partial charge in [-0.1, -0.05) is 23.7 Å². The highest BCUT2D eigenvalue weighted by Crippen LogP contribution is 2.30. The van der Waals surface area contributed by atoms with Crippen LogP contribution in [0, 0.1) is 0 Å². The summed E-state index contributed by atoms with van der Waals surface area (Å²) >= 11 is 6.23. The molecule has 1 aromatic heterocycles. The lowest BCUT2D eigenvalue weighted by molar-refractivity contribution is 0.0238. The van der Waals surface area contributed by atoms with Gasteiger partial charge in [0.2, 0.25) is 0 Å². The summed E-state index contributed by atoms with van der Waals surface area (Å²) in [6, 6.07) is 15.7. The van der Waals surface area contributed by atoms with Crippen molar-refractivity contribution in [3.63, 3.8) is 0 Å². The summed E-state index contributed by atoms with van der Waals surface area (Å²) in [6.07, 6.45) is 3.56. The number of ether oxygens (including phenoxy) is 1. The number of halogens is 1. The molecular formula is C21H20ClN3O2.